The van der Waals surface area contributed by atoms with E-state index in [0.717, 1.165) is 50.6 Å². The van der Waals surface area contributed by atoms with Crippen LogP contribution in [0.4, 0.5) is 0 Å². The van der Waals surface area contributed by atoms with Crippen LogP contribution < -0.4 is 0 Å². The van der Waals surface area contributed by atoms with Crippen molar-refractivity contribution < 1.29 is 9.53 Å². The highest BCUT2D eigenvalue weighted by Crippen LogP contribution is 2.34. The lowest BCUT2D eigenvalue weighted by atomic mass is 9.87. The van der Waals surface area contributed by atoms with Gasteiger partial charge in [0, 0.05) is 49.9 Å². The summed E-state index contributed by atoms with van der Waals surface area (Å²) in [7, 11) is 2.03. The molecule has 4 rings (SSSR count). The molecule has 2 saturated heterocycles. The Morgan fingerprint density at radius 2 is 2.32 bits per heavy atom. The smallest absolute Gasteiger partial charge is 0.254 e. The Kier molecular flexibility index (Phi) is 4.62. The van der Waals surface area contributed by atoms with E-state index in [1.807, 2.05) is 41.2 Å². The van der Waals surface area contributed by atoms with E-state index in [0.29, 0.717) is 13.2 Å². The molecule has 0 bridgehead atoms. The average molecular weight is 360 g/mol. The first kappa shape index (κ1) is 16.8. The third-order valence-electron chi connectivity index (χ3n) is 5.30. The molecule has 0 radical (unpaired) electrons. The number of hydrogen-bond acceptors (Lipinski definition) is 5. The van der Waals surface area contributed by atoms with Crippen molar-refractivity contribution in [1.29, 1.82) is 0 Å². The van der Waals surface area contributed by atoms with Crippen LogP contribution >= 0.6 is 11.3 Å². The highest BCUT2D eigenvalue weighted by Gasteiger charge is 2.42. The number of ether oxygens (including phenoxy) is 1. The second-order valence-electron chi connectivity index (χ2n) is 7.21. The highest BCUT2D eigenvalue weighted by atomic mass is 32.1. The van der Waals surface area contributed by atoms with Crippen molar-refractivity contribution >= 4 is 17.2 Å². The van der Waals surface area contributed by atoms with E-state index in [9.17, 15) is 4.79 Å². The van der Waals surface area contributed by atoms with Gasteiger partial charge in [0.2, 0.25) is 0 Å². The molecule has 0 saturated carbocycles. The number of hydrogen-bond donors (Lipinski definition) is 0. The lowest BCUT2D eigenvalue weighted by Crippen LogP contribution is -2.43. The second kappa shape index (κ2) is 6.90. The Labute approximate surface area is 152 Å². The molecule has 0 aliphatic carbocycles. The fourth-order valence-electron chi connectivity index (χ4n) is 3.89. The molecule has 1 spiro atoms. The summed E-state index contributed by atoms with van der Waals surface area (Å²) >= 11 is 1.57. The number of amides is 1. The fourth-order valence-corrected chi connectivity index (χ4v) is 4.52. The summed E-state index contributed by atoms with van der Waals surface area (Å²) in [6, 6.07) is 1.91. The standard InChI is InChI=1S/C18H24N4O2S/c1-20-6-4-19-16(20)10-21-5-3-18(12-21)13-22(7-8-24-14-18)17(23)15-2-9-25-11-15/h2,4,6,9,11H,3,5,7-8,10,12-14H2,1H3/t18-/m1/s1. The van der Waals surface area contributed by atoms with Gasteiger partial charge >= 0.3 is 0 Å². The van der Waals surface area contributed by atoms with Crippen molar-refractivity contribution in [1.82, 2.24) is 19.4 Å². The van der Waals surface area contributed by atoms with Crippen LogP contribution in [0, 0.1) is 5.41 Å². The van der Waals surface area contributed by atoms with Crippen molar-refractivity contribution in [3.8, 4) is 0 Å². The largest absolute Gasteiger partial charge is 0.379 e. The summed E-state index contributed by atoms with van der Waals surface area (Å²) in [5.74, 6) is 1.21. The minimum atomic E-state index is 0.0351. The zero-order valence-electron chi connectivity index (χ0n) is 14.6. The van der Waals surface area contributed by atoms with Gasteiger partial charge in [-0.3, -0.25) is 9.69 Å². The number of imidazole rings is 1. The van der Waals surface area contributed by atoms with Gasteiger partial charge in [0.25, 0.3) is 5.91 Å². The van der Waals surface area contributed by atoms with Gasteiger partial charge < -0.3 is 14.2 Å². The summed E-state index contributed by atoms with van der Waals surface area (Å²) in [4.78, 5) is 21.6. The van der Waals surface area contributed by atoms with E-state index < -0.39 is 0 Å². The molecule has 134 valence electrons. The molecule has 1 atom stereocenters. The van der Waals surface area contributed by atoms with Crippen molar-refractivity contribution in [3.05, 3.63) is 40.6 Å². The molecule has 2 aromatic heterocycles. The van der Waals surface area contributed by atoms with Crippen molar-refractivity contribution in [2.75, 3.05) is 39.4 Å². The molecule has 0 N–H and O–H groups in total. The molecule has 2 fully saturated rings. The van der Waals surface area contributed by atoms with Crippen LogP contribution in [0.25, 0.3) is 0 Å². The summed E-state index contributed by atoms with van der Waals surface area (Å²) in [5, 5.41) is 3.89. The maximum Gasteiger partial charge on any atom is 0.254 e. The normalized spacial score (nSPS) is 24.8. The SMILES string of the molecule is Cn1ccnc1CN1CC[C@@]2(COCCN(C(=O)c3ccsc3)C2)C1. The lowest BCUT2D eigenvalue weighted by molar-refractivity contribution is 0.0643. The zero-order valence-corrected chi connectivity index (χ0v) is 15.4. The van der Waals surface area contributed by atoms with Gasteiger partial charge in [0.05, 0.1) is 25.3 Å². The molecule has 6 nitrogen and oxygen atoms in total. The summed E-state index contributed by atoms with van der Waals surface area (Å²) in [5.41, 5.74) is 0.831. The van der Waals surface area contributed by atoms with Gasteiger partial charge in [-0.05, 0) is 24.4 Å². The number of nitrogens with zero attached hydrogens (tertiary/aromatic N) is 4. The number of rotatable bonds is 3. The van der Waals surface area contributed by atoms with Crippen LogP contribution in [-0.2, 0) is 18.3 Å². The van der Waals surface area contributed by atoms with E-state index in [1.54, 1.807) is 11.3 Å². The maximum atomic E-state index is 12.8. The summed E-state index contributed by atoms with van der Waals surface area (Å²) < 4.78 is 7.97. The molecule has 2 aliphatic rings. The van der Waals surface area contributed by atoms with E-state index in [1.165, 1.54) is 0 Å². The van der Waals surface area contributed by atoms with Crippen LogP contribution in [0.3, 0.4) is 0 Å². The number of aromatic nitrogens is 2. The van der Waals surface area contributed by atoms with Crippen LogP contribution in [0.2, 0.25) is 0 Å². The summed E-state index contributed by atoms with van der Waals surface area (Å²) in [6.07, 6.45) is 4.89. The van der Waals surface area contributed by atoms with E-state index in [4.69, 9.17) is 4.74 Å². The quantitative estimate of drug-likeness (QED) is 0.838. The van der Waals surface area contributed by atoms with Gasteiger partial charge in [-0.2, -0.15) is 11.3 Å². The number of carbonyl (C=O) groups excluding carboxylic acids is 1. The van der Waals surface area contributed by atoms with Crippen molar-refractivity contribution in [2.45, 2.75) is 13.0 Å². The molecule has 4 heterocycles. The first-order chi connectivity index (χ1) is 12.2. The molecule has 0 aromatic carbocycles. The number of likely N-dealkylation sites (tertiary alicyclic amines) is 1. The Balaban J connectivity index is 1.45. The first-order valence-electron chi connectivity index (χ1n) is 8.73. The van der Waals surface area contributed by atoms with Gasteiger partial charge in [-0.25, -0.2) is 4.98 Å². The molecule has 25 heavy (non-hydrogen) atoms. The number of carbonyl (C=O) groups is 1. The van der Waals surface area contributed by atoms with Crippen molar-refractivity contribution in [2.24, 2.45) is 12.5 Å². The first-order valence-corrected chi connectivity index (χ1v) is 9.67. The van der Waals surface area contributed by atoms with E-state index >= 15 is 0 Å². The molecule has 2 aliphatic heterocycles. The fraction of sp³-hybridized carbons (Fsp3) is 0.556. The second-order valence-corrected chi connectivity index (χ2v) is 7.99. The van der Waals surface area contributed by atoms with Crippen LogP contribution in [0.5, 0.6) is 0 Å². The van der Waals surface area contributed by atoms with Crippen LogP contribution in [0.15, 0.2) is 29.2 Å². The molecular formula is C18H24N4O2S. The molecule has 1 amide bonds. The third-order valence-corrected chi connectivity index (χ3v) is 5.98. The highest BCUT2D eigenvalue weighted by molar-refractivity contribution is 7.08. The Morgan fingerprint density at radius 3 is 3.08 bits per heavy atom. The van der Waals surface area contributed by atoms with E-state index in [2.05, 4.69) is 14.5 Å². The molecule has 0 unspecified atom stereocenters. The summed E-state index contributed by atoms with van der Waals surface area (Å²) in [6.45, 7) is 5.64. The topological polar surface area (TPSA) is 50.6 Å². The predicted molar refractivity (Wildman–Crippen MR) is 96.6 cm³/mol. The number of aryl methyl sites for hydroxylation is 1. The van der Waals surface area contributed by atoms with Crippen LogP contribution in [-0.4, -0.2) is 64.7 Å². The van der Waals surface area contributed by atoms with E-state index in [-0.39, 0.29) is 11.3 Å². The van der Waals surface area contributed by atoms with Gasteiger partial charge in [0.15, 0.2) is 0 Å². The zero-order chi connectivity index (χ0) is 17.3. The van der Waals surface area contributed by atoms with Crippen molar-refractivity contribution in [3.63, 3.8) is 0 Å². The average Bonchev–Trinajstić information content (AvgIpc) is 3.31. The minimum Gasteiger partial charge on any atom is -0.379 e. The van der Waals surface area contributed by atoms with Gasteiger partial charge in [0.1, 0.15) is 5.82 Å². The Bertz CT molecular complexity index is 729. The molecule has 7 heteroatoms. The Hall–Kier alpha value is -1.70. The maximum absolute atomic E-state index is 12.8. The van der Waals surface area contributed by atoms with Crippen LogP contribution in [0.1, 0.15) is 22.6 Å². The lowest BCUT2D eigenvalue weighted by Gasteiger charge is -2.32. The third kappa shape index (κ3) is 3.49. The Morgan fingerprint density at radius 1 is 1.40 bits per heavy atom. The van der Waals surface area contributed by atoms with Gasteiger partial charge in [-0.15, -0.1) is 0 Å². The van der Waals surface area contributed by atoms with Gasteiger partial charge in [-0.1, -0.05) is 0 Å². The monoisotopic (exact) mass is 360 g/mol. The molecule has 2 aromatic rings. The minimum absolute atomic E-state index is 0.0351. The molecular weight excluding hydrogens is 336 g/mol. The number of thiophene rings is 1. The predicted octanol–water partition coefficient (Wildman–Crippen LogP) is 1.85.